The zero-order valence-electron chi connectivity index (χ0n) is 11.5. The average Bonchev–Trinajstić information content (AvgIpc) is 2.42. The topological polar surface area (TPSA) is 15.3 Å². The van der Waals surface area contributed by atoms with Crippen molar-refractivity contribution in [2.75, 3.05) is 19.6 Å². The van der Waals surface area contributed by atoms with Crippen LogP contribution >= 0.6 is 27.5 Å². The zero-order chi connectivity index (χ0) is 13.7. The van der Waals surface area contributed by atoms with Crippen molar-refractivity contribution in [1.29, 1.82) is 0 Å². The molecular formula is C15H22BrClN2. The van der Waals surface area contributed by atoms with Gasteiger partial charge in [0.25, 0.3) is 0 Å². The molecule has 0 radical (unpaired) electrons. The first-order valence-electron chi connectivity index (χ1n) is 7.08. The summed E-state index contributed by atoms with van der Waals surface area (Å²) in [5, 5.41) is 4.46. The van der Waals surface area contributed by atoms with Gasteiger partial charge in [0.2, 0.25) is 0 Å². The van der Waals surface area contributed by atoms with E-state index in [1.807, 2.05) is 18.2 Å². The lowest BCUT2D eigenvalue weighted by Gasteiger charge is -2.32. The van der Waals surface area contributed by atoms with Crippen LogP contribution in [0.1, 0.15) is 31.7 Å². The van der Waals surface area contributed by atoms with Gasteiger partial charge in [0.05, 0.1) is 0 Å². The van der Waals surface area contributed by atoms with Crippen molar-refractivity contribution < 1.29 is 0 Å². The molecule has 1 aliphatic heterocycles. The van der Waals surface area contributed by atoms with Gasteiger partial charge in [0.1, 0.15) is 0 Å². The molecule has 1 aliphatic rings. The van der Waals surface area contributed by atoms with Crippen LogP contribution < -0.4 is 5.32 Å². The molecule has 0 saturated carbocycles. The summed E-state index contributed by atoms with van der Waals surface area (Å²) in [4.78, 5) is 2.56. The molecule has 4 heteroatoms. The summed E-state index contributed by atoms with van der Waals surface area (Å²) in [6.45, 7) is 6.83. The Morgan fingerprint density at radius 3 is 2.79 bits per heavy atom. The number of likely N-dealkylation sites (tertiary alicyclic amines) is 1. The minimum absolute atomic E-state index is 0.638. The molecule has 2 rings (SSSR count). The number of piperidine rings is 1. The Hall–Kier alpha value is -0.0900. The SMILES string of the molecule is CCCN1CCC(NCc2cc(Cl)ccc2Br)CC1. The summed E-state index contributed by atoms with van der Waals surface area (Å²) in [7, 11) is 0. The van der Waals surface area contributed by atoms with Crippen LogP contribution in [0.5, 0.6) is 0 Å². The van der Waals surface area contributed by atoms with Gasteiger partial charge in [-0.1, -0.05) is 34.5 Å². The summed E-state index contributed by atoms with van der Waals surface area (Å²) in [6.07, 6.45) is 3.75. The number of benzene rings is 1. The van der Waals surface area contributed by atoms with E-state index in [4.69, 9.17) is 11.6 Å². The molecule has 0 atom stereocenters. The summed E-state index contributed by atoms with van der Waals surface area (Å²) in [6, 6.07) is 6.60. The third-order valence-corrected chi connectivity index (χ3v) is 4.73. The van der Waals surface area contributed by atoms with Crippen molar-refractivity contribution in [3.8, 4) is 0 Å². The predicted octanol–water partition coefficient (Wildman–Crippen LogP) is 4.07. The minimum Gasteiger partial charge on any atom is -0.310 e. The molecule has 0 amide bonds. The maximum atomic E-state index is 6.04. The molecule has 1 aromatic carbocycles. The maximum absolute atomic E-state index is 6.04. The zero-order valence-corrected chi connectivity index (χ0v) is 13.8. The smallest absolute Gasteiger partial charge is 0.0410 e. The van der Waals surface area contributed by atoms with E-state index in [0.29, 0.717) is 6.04 Å². The van der Waals surface area contributed by atoms with E-state index in [1.165, 1.54) is 44.5 Å². The Morgan fingerprint density at radius 2 is 2.11 bits per heavy atom. The van der Waals surface area contributed by atoms with Gasteiger partial charge in [0, 0.05) is 22.1 Å². The third kappa shape index (κ3) is 4.75. The van der Waals surface area contributed by atoms with Crippen LogP contribution in [0.25, 0.3) is 0 Å². The molecule has 2 nitrogen and oxygen atoms in total. The van der Waals surface area contributed by atoms with Crippen LogP contribution in [0.4, 0.5) is 0 Å². The lowest BCUT2D eigenvalue weighted by atomic mass is 10.0. The number of hydrogen-bond donors (Lipinski definition) is 1. The standard InChI is InChI=1S/C15H22BrClN2/c1-2-7-19-8-5-14(6-9-19)18-11-12-10-13(17)3-4-15(12)16/h3-4,10,14,18H,2,5-9,11H2,1H3. The number of nitrogens with one attached hydrogen (secondary N) is 1. The molecule has 106 valence electrons. The van der Waals surface area contributed by atoms with Crippen molar-refractivity contribution in [2.45, 2.75) is 38.8 Å². The lowest BCUT2D eigenvalue weighted by molar-refractivity contribution is 0.197. The van der Waals surface area contributed by atoms with E-state index in [-0.39, 0.29) is 0 Å². The molecule has 0 bridgehead atoms. The molecule has 19 heavy (non-hydrogen) atoms. The van der Waals surface area contributed by atoms with Crippen LogP contribution in [-0.2, 0) is 6.54 Å². The predicted molar refractivity (Wildman–Crippen MR) is 85.7 cm³/mol. The quantitative estimate of drug-likeness (QED) is 0.865. The molecule has 1 aromatic rings. The maximum Gasteiger partial charge on any atom is 0.0410 e. The largest absolute Gasteiger partial charge is 0.310 e. The molecule has 1 saturated heterocycles. The summed E-state index contributed by atoms with van der Waals surface area (Å²) >= 11 is 9.62. The van der Waals surface area contributed by atoms with Gasteiger partial charge < -0.3 is 10.2 Å². The second kappa shape index (κ2) is 7.63. The normalized spacial score (nSPS) is 17.8. The first kappa shape index (κ1) is 15.3. The number of rotatable bonds is 5. The molecule has 0 aliphatic carbocycles. The first-order chi connectivity index (χ1) is 9.19. The molecule has 1 heterocycles. The average molecular weight is 346 g/mol. The van der Waals surface area contributed by atoms with Gasteiger partial charge in [-0.25, -0.2) is 0 Å². The molecular weight excluding hydrogens is 324 g/mol. The van der Waals surface area contributed by atoms with Gasteiger partial charge in [-0.3, -0.25) is 0 Å². The van der Waals surface area contributed by atoms with Gasteiger partial charge in [-0.15, -0.1) is 0 Å². The summed E-state index contributed by atoms with van der Waals surface area (Å²) in [5.74, 6) is 0. The van der Waals surface area contributed by atoms with E-state index in [9.17, 15) is 0 Å². The Balaban J connectivity index is 1.79. The highest BCUT2D eigenvalue weighted by molar-refractivity contribution is 9.10. The Kier molecular flexibility index (Phi) is 6.14. The fourth-order valence-corrected chi connectivity index (χ4v) is 3.19. The second-order valence-corrected chi connectivity index (χ2v) is 6.52. The van der Waals surface area contributed by atoms with Gasteiger partial charge in [-0.2, -0.15) is 0 Å². The number of nitrogens with zero attached hydrogens (tertiary/aromatic N) is 1. The monoisotopic (exact) mass is 344 g/mol. The van der Waals surface area contributed by atoms with Gasteiger partial charge in [0.15, 0.2) is 0 Å². The van der Waals surface area contributed by atoms with E-state index in [2.05, 4.69) is 33.1 Å². The van der Waals surface area contributed by atoms with Gasteiger partial charge in [-0.05, 0) is 62.7 Å². The van der Waals surface area contributed by atoms with E-state index < -0.39 is 0 Å². The van der Waals surface area contributed by atoms with Crippen LogP contribution in [0.2, 0.25) is 5.02 Å². The first-order valence-corrected chi connectivity index (χ1v) is 8.26. The van der Waals surface area contributed by atoms with Crippen LogP contribution in [-0.4, -0.2) is 30.6 Å². The summed E-state index contributed by atoms with van der Waals surface area (Å²) < 4.78 is 1.13. The van der Waals surface area contributed by atoms with Crippen LogP contribution in [0, 0.1) is 0 Å². The van der Waals surface area contributed by atoms with Crippen molar-refractivity contribution in [3.05, 3.63) is 33.3 Å². The Bertz CT molecular complexity index is 403. The van der Waals surface area contributed by atoms with Crippen molar-refractivity contribution >= 4 is 27.5 Å². The van der Waals surface area contributed by atoms with E-state index in [1.54, 1.807) is 0 Å². The Morgan fingerprint density at radius 1 is 1.37 bits per heavy atom. The molecule has 0 aromatic heterocycles. The molecule has 1 N–H and O–H groups in total. The molecule has 0 spiro atoms. The van der Waals surface area contributed by atoms with Gasteiger partial charge >= 0.3 is 0 Å². The van der Waals surface area contributed by atoms with Crippen molar-refractivity contribution in [3.63, 3.8) is 0 Å². The van der Waals surface area contributed by atoms with Crippen molar-refractivity contribution in [2.24, 2.45) is 0 Å². The second-order valence-electron chi connectivity index (χ2n) is 5.23. The molecule has 0 unspecified atom stereocenters. The third-order valence-electron chi connectivity index (χ3n) is 3.72. The highest BCUT2D eigenvalue weighted by atomic mass is 79.9. The lowest BCUT2D eigenvalue weighted by Crippen LogP contribution is -2.42. The van der Waals surface area contributed by atoms with Crippen LogP contribution in [0.3, 0.4) is 0 Å². The fourth-order valence-electron chi connectivity index (χ4n) is 2.61. The fraction of sp³-hybridized carbons (Fsp3) is 0.600. The highest BCUT2D eigenvalue weighted by Crippen LogP contribution is 2.21. The molecule has 1 fully saturated rings. The highest BCUT2D eigenvalue weighted by Gasteiger charge is 2.18. The number of hydrogen-bond acceptors (Lipinski definition) is 2. The minimum atomic E-state index is 0.638. The van der Waals surface area contributed by atoms with E-state index in [0.717, 1.165) is 16.0 Å². The van der Waals surface area contributed by atoms with Crippen LogP contribution in [0.15, 0.2) is 22.7 Å². The Labute approximate surface area is 129 Å². The van der Waals surface area contributed by atoms with Crippen molar-refractivity contribution in [1.82, 2.24) is 10.2 Å². The summed E-state index contributed by atoms with van der Waals surface area (Å²) in [5.41, 5.74) is 1.24. The van der Waals surface area contributed by atoms with E-state index >= 15 is 0 Å². The number of halogens is 2.